The zero-order valence-electron chi connectivity index (χ0n) is 20.1. The highest BCUT2D eigenvalue weighted by molar-refractivity contribution is 8.26. The minimum absolute atomic E-state index is 0.00594. The number of hydrogen-bond donors (Lipinski definition) is 0. The van der Waals surface area contributed by atoms with Gasteiger partial charge in [0.25, 0.3) is 5.91 Å². The second kappa shape index (κ2) is 12.0. The molecule has 0 bridgehead atoms. The van der Waals surface area contributed by atoms with E-state index >= 15 is 0 Å². The molecule has 0 atom stereocenters. The molecule has 8 heteroatoms. The largest absolute Gasteiger partial charge is 0.488 e. The SMILES string of the molecule is CCN(CC)c1ccc(C=C2SC(=S)N(C3CCCCC3)C2=O)c(OCc2ccc(Cl)cc2Cl)c1. The van der Waals surface area contributed by atoms with Gasteiger partial charge in [0.05, 0.1) is 4.91 Å². The number of thioether (sulfide) groups is 1. The fourth-order valence-corrected chi connectivity index (χ4v) is 6.48. The average molecular weight is 550 g/mol. The number of thiocarbonyl (C=S) groups is 1. The predicted molar refractivity (Wildman–Crippen MR) is 153 cm³/mol. The van der Waals surface area contributed by atoms with Crippen LogP contribution >= 0.6 is 47.2 Å². The first-order chi connectivity index (χ1) is 16.9. The van der Waals surface area contributed by atoms with Gasteiger partial charge in [-0.05, 0) is 57.0 Å². The monoisotopic (exact) mass is 548 g/mol. The topological polar surface area (TPSA) is 32.8 Å². The Bertz CT molecular complexity index is 1130. The van der Waals surface area contributed by atoms with Crippen LogP contribution in [0.15, 0.2) is 41.3 Å². The number of carbonyl (C=O) groups excluding carboxylic acids is 1. The fourth-order valence-electron chi connectivity index (χ4n) is 4.62. The highest BCUT2D eigenvalue weighted by Gasteiger charge is 2.37. The van der Waals surface area contributed by atoms with Gasteiger partial charge in [0.15, 0.2) is 0 Å². The highest BCUT2D eigenvalue weighted by atomic mass is 35.5. The lowest BCUT2D eigenvalue weighted by molar-refractivity contribution is -0.124. The Morgan fingerprint density at radius 1 is 1.11 bits per heavy atom. The van der Waals surface area contributed by atoms with Crippen LogP contribution in [0, 0.1) is 0 Å². The molecule has 0 unspecified atom stereocenters. The van der Waals surface area contributed by atoms with Gasteiger partial charge in [0.1, 0.15) is 16.7 Å². The summed E-state index contributed by atoms with van der Waals surface area (Å²) in [5, 5.41) is 1.15. The van der Waals surface area contributed by atoms with Gasteiger partial charge in [-0.2, -0.15) is 0 Å². The summed E-state index contributed by atoms with van der Waals surface area (Å²) in [6.45, 7) is 6.32. The number of nitrogens with zero attached hydrogens (tertiary/aromatic N) is 2. The van der Waals surface area contributed by atoms with Crippen LogP contribution in [0.25, 0.3) is 6.08 Å². The summed E-state index contributed by atoms with van der Waals surface area (Å²) in [5.74, 6) is 0.703. The zero-order chi connectivity index (χ0) is 24.9. The Morgan fingerprint density at radius 3 is 2.54 bits per heavy atom. The number of carbonyl (C=O) groups is 1. The van der Waals surface area contributed by atoms with Crippen LogP contribution in [0.4, 0.5) is 5.69 Å². The van der Waals surface area contributed by atoms with Crippen molar-refractivity contribution < 1.29 is 9.53 Å². The van der Waals surface area contributed by atoms with Crippen molar-refractivity contribution in [3.63, 3.8) is 0 Å². The fraction of sp³-hybridized carbons (Fsp3) is 0.407. The molecule has 2 fully saturated rings. The van der Waals surface area contributed by atoms with E-state index in [0.29, 0.717) is 31.6 Å². The molecule has 4 rings (SSSR count). The molecule has 4 nitrogen and oxygen atoms in total. The molecule has 1 heterocycles. The molecular formula is C27H30Cl2N2O2S2. The summed E-state index contributed by atoms with van der Waals surface area (Å²) < 4.78 is 6.93. The van der Waals surface area contributed by atoms with Gasteiger partial charge in [-0.1, -0.05) is 72.5 Å². The first-order valence-corrected chi connectivity index (χ1v) is 14.1. The third kappa shape index (κ3) is 6.16. The van der Waals surface area contributed by atoms with Crippen molar-refractivity contribution in [1.82, 2.24) is 4.90 Å². The number of rotatable bonds is 8. The lowest BCUT2D eigenvalue weighted by Gasteiger charge is -2.29. The van der Waals surface area contributed by atoms with Gasteiger partial charge in [0, 0.05) is 52.1 Å². The zero-order valence-corrected chi connectivity index (χ0v) is 23.2. The van der Waals surface area contributed by atoms with E-state index in [0.717, 1.165) is 55.6 Å². The number of hydrogen-bond acceptors (Lipinski definition) is 5. The third-order valence-corrected chi connectivity index (χ3v) is 8.49. The highest BCUT2D eigenvalue weighted by Crippen LogP contribution is 2.39. The first kappa shape index (κ1) is 26.3. The van der Waals surface area contributed by atoms with Gasteiger partial charge in [-0.25, -0.2) is 0 Å². The van der Waals surface area contributed by atoms with E-state index in [1.165, 1.54) is 18.2 Å². The van der Waals surface area contributed by atoms with Crippen molar-refractivity contribution in [2.24, 2.45) is 0 Å². The summed E-state index contributed by atoms with van der Waals surface area (Å²) >= 11 is 19.4. The minimum Gasteiger partial charge on any atom is -0.488 e. The molecule has 1 saturated heterocycles. The molecule has 0 radical (unpaired) electrons. The molecule has 2 aromatic rings. The van der Waals surface area contributed by atoms with E-state index < -0.39 is 0 Å². The van der Waals surface area contributed by atoms with E-state index in [-0.39, 0.29) is 11.9 Å². The summed E-state index contributed by atoms with van der Waals surface area (Å²) in [7, 11) is 0. The van der Waals surface area contributed by atoms with Gasteiger partial charge in [0.2, 0.25) is 0 Å². The van der Waals surface area contributed by atoms with Gasteiger partial charge < -0.3 is 9.64 Å². The number of ether oxygens (including phenoxy) is 1. The second-order valence-electron chi connectivity index (χ2n) is 8.76. The van der Waals surface area contributed by atoms with E-state index in [9.17, 15) is 4.79 Å². The van der Waals surface area contributed by atoms with E-state index in [1.807, 2.05) is 29.2 Å². The summed E-state index contributed by atoms with van der Waals surface area (Å²) in [5.41, 5.74) is 2.76. The normalized spacial score (nSPS) is 17.9. The van der Waals surface area contributed by atoms with Crippen LogP contribution in [0.3, 0.4) is 0 Å². The molecular weight excluding hydrogens is 519 g/mol. The Kier molecular flexibility index (Phi) is 9.03. The van der Waals surface area contributed by atoms with Crippen LogP contribution in [0.2, 0.25) is 10.0 Å². The Labute approximate surface area is 227 Å². The van der Waals surface area contributed by atoms with Crippen LogP contribution in [-0.2, 0) is 11.4 Å². The van der Waals surface area contributed by atoms with Crippen molar-refractivity contribution in [1.29, 1.82) is 0 Å². The molecule has 1 amide bonds. The predicted octanol–water partition coefficient (Wildman–Crippen LogP) is 7.95. The van der Waals surface area contributed by atoms with Gasteiger partial charge in [-0.3, -0.25) is 9.69 Å². The Morgan fingerprint density at radius 2 is 1.86 bits per heavy atom. The number of benzene rings is 2. The van der Waals surface area contributed by atoms with Crippen molar-refractivity contribution in [3.05, 3.63) is 62.5 Å². The molecule has 0 spiro atoms. The molecule has 1 aliphatic carbocycles. The Balaban J connectivity index is 1.63. The standard InChI is InChI=1S/C27H30Cl2N2O2S2/c1-3-30(4-2)22-13-11-18(24(16-22)33-17-19-10-12-20(28)15-23(19)29)14-25-26(32)31(27(34)35-25)21-8-6-5-7-9-21/h10-16,21H,3-9,17H2,1-2H3. The van der Waals surface area contributed by atoms with E-state index in [1.54, 1.807) is 12.1 Å². The van der Waals surface area contributed by atoms with E-state index in [2.05, 4.69) is 24.8 Å². The summed E-state index contributed by atoms with van der Waals surface area (Å²) in [6.07, 6.45) is 7.49. The van der Waals surface area contributed by atoms with Crippen molar-refractivity contribution in [2.45, 2.75) is 58.6 Å². The number of amides is 1. The minimum atomic E-state index is 0.00594. The maximum atomic E-state index is 13.3. The smallest absolute Gasteiger partial charge is 0.266 e. The molecule has 0 aromatic heterocycles. The number of anilines is 1. The summed E-state index contributed by atoms with van der Waals surface area (Å²) in [4.78, 5) is 18.1. The van der Waals surface area contributed by atoms with Crippen molar-refractivity contribution in [2.75, 3.05) is 18.0 Å². The molecule has 35 heavy (non-hydrogen) atoms. The molecule has 1 saturated carbocycles. The quantitative estimate of drug-likeness (QED) is 0.247. The molecule has 2 aliphatic rings. The molecule has 1 aliphatic heterocycles. The van der Waals surface area contributed by atoms with Gasteiger partial charge >= 0.3 is 0 Å². The van der Waals surface area contributed by atoms with Crippen LogP contribution in [0.1, 0.15) is 57.1 Å². The maximum absolute atomic E-state index is 13.3. The molecule has 0 N–H and O–H groups in total. The average Bonchev–Trinajstić information content (AvgIpc) is 3.13. The van der Waals surface area contributed by atoms with Crippen LogP contribution < -0.4 is 9.64 Å². The maximum Gasteiger partial charge on any atom is 0.266 e. The van der Waals surface area contributed by atoms with Gasteiger partial charge in [-0.15, -0.1) is 0 Å². The lowest BCUT2D eigenvalue weighted by atomic mass is 9.94. The van der Waals surface area contributed by atoms with Crippen LogP contribution in [-0.4, -0.2) is 34.3 Å². The first-order valence-electron chi connectivity index (χ1n) is 12.1. The molecule has 186 valence electrons. The lowest BCUT2D eigenvalue weighted by Crippen LogP contribution is -2.39. The van der Waals surface area contributed by atoms with Crippen molar-refractivity contribution >= 4 is 69.2 Å². The Hall–Kier alpha value is -1.73. The number of halogens is 2. The van der Waals surface area contributed by atoms with E-state index in [4.69, 9.17) is 40.2 Å². The third-order valence-electron chi connectivity index (χ3n) is 6.57. The van der Waals surface area contributed by atoms with Crippen LogP contribution in [0.5, 0.6) is 5.75 Å². The summed E-state index contributed by atoms with van der Waals surface area (Å²) in [6, 6.07) is 11.7. The molecule has 2 aromatic carbocycles. The van der Waals surface area contributed by atoms with Crippen molar-refractivity contribution in [3.8, 4) is 5.75 Å². The second-order valence-corrected chi connectivity index (χ2v) is 11.3.